The predicted molar refractivity (Wildman–Crippen MR) is 140 cm³/mol. The van der Waals surface area contributed by atoms with Crippen LogP contribution in [0.4, 0.5) is 26.2 Å². The van der Waals surface area contributed by atoms with Gasteiger partial charge in [-0.3, -0.25) is 14.5 Å². The molecule has 2 aliphatic rings. The minimum Gasteiger partial charge on any atom is -0.507 e. The SMILES string of the molecule is CC(=O)NC[C@H]1CN(c2ccc(N3CCN(C(=O)c4cc([125I])c(N=[N+]=[N-])cc4O)CC3)c(F)c2)C(=O)O1. The van der Waals surface area contributed by atoms with E-state index in [1.165, 1.54) is 30.0 Å². The summed E-state index contributed by atoms with van der Waals surface area (Å²) in [6.45, 7) is 3.06. The Morgan fingerprint density at radius 1 is 1.27 bits per heavy atom. The summed E-state index contributed by atoms with van der Waals surface area (Å²) in [7, 11) is 0. The molecule has 2 saturated heterocycles. The molecule has 3 amide bonds. The first-order valence-corrected chi connectivity index (χ1v) is 12.4. The van der Waals surface area contributed by atoms with Crippen molar-refractivity contribution in [3.63, 3.8) is 0 Å². The average Bonchev–Trinajstić information content (AvgIpc) is 3.25. The zero-order valence-electron chi connectivity index (χ0n) is 19.7. The molecule has 4 rings (SSSR count). The third-order valence-corrected chi connectivity index (χ3v) is 6.92. The molecule has 2 N–H and O–H groups in total. The van der Waals surface area contributed by atoms with Crippen molar-refractivity contribution in [2.75, 3.05) is 49.1 Å². The average molecular weight is 621 g/mol. The summed E-state index contributed by atoms with van der Waals surface area (Å²) >= 11 is 1.92. The van der Waals surface area contributed by atoms with Gasteiger partial charge < -0.3 is 25.0 Å². The quantitative estimate of drug-likeness (QED) is 0.218. The Hall–Kier alpha value is -3.78. The maximum Gasteiger partial charge on any atom is 0.414 e. The maximum atomic E-state index is 15.1. The van der Waals surface area contributed by atoms with Gasteiger partial charge in [-0.25, -0.2) is 9.18 Å². The van der Waals surface area contributed by atoms with Crippen LogP contribution in [-0.4, -0.2) is 73.3 Å². The highest BCUT2D eigenvalue weighted by Gasteiger charge is 2.33. The van der Waals surface area contributed by atoms with Gasteiger partial charge >= 0.3 is 6.09 Å². The van der Waals surface area contributed by atoms with Crippen LogP contribution in [0.2, 0.25) is 0 Å². The summed E-state index contributed by atoms with van der Waals surface area (Å²) in [5.74, 6) is -1.41. The molecule has 0 unspecified atom stereocenters. The molecule has 0 bridgehead atoms. The van der Waals surface area contributed by atoms with Crippen molar-refractivity contribution in [3.05, 3.63) is 55.7 Å². The van der Waals surface area contributed by atoms with Gasteiger partial charge in [0.25, 0.3) is 5.91 Å². The third-order valence-electron chi connectivity index (χ3n) is 6.05. The number of aromatic hydroxyl groups is 1. The third kappa shape index (κ3) is 5.80. The Kier molecular flexibility index (Phi) is 7.88. The van der Waals surface area contributed by atoms with Gasteiger partial charge in [0, 0.05) is 41.6 Å². The first-order chi connectivity index (χ1) is 17.7. The highest BCUT2D eigenvalue weighted by molar-refractivity contribution is 14.1. The number of rotatable bonds is 6. The number of anilines is 2. The van der Waals surface area contributed by atoms with E-state index in [4.69, 9.17) is 10.3 Å². The number of phenols is 1. The molecule has 0 spiro atoms. The number of nitrogens with one attached hydrogen (secondary N) is 1. The lowest BCUT2D eigenvalue weighted by molar-refractivity contribution is -0.119. The van der Waals surface area contributed by atoms with E-state index >= 15 is 4.39 Å². The van der Waals surface area contributed by atoms with Crippen molar-refractivity contribution >= 4 is 57.6 Å². The highest BCUT2D eigenvalue weighted by atomic mass is 125. The summed E-state index contributed by atoms with van der Waals surface area (Å²) in [5, 5.41) is 16.3. The highest BCUT2D eigenvalue weighted by Crippen LogP contribution is 2.32. The normalized spacial score (nSPS) is 17.3. The Balaban J connectivity index is 1.39. The number of hydrogen-bond acceptors (Lipinski definition) is 7. The number of piperazine rings is 1. The van der Waals surface area contributed by atoms with Crippen LogP contribution in [0.5, 0.6) is 5.75 Å². The Morgan fingerprint density at radius 2 is 2.00 bits per heavy atom. The molecule has 2 fully saturated rings. The minimum atomic E-state index is -0.611. The summed E-state index contributed by atoms with van der Waals surface area (Å²) in [6, 6.07) is 7.19. The number of amides is 3. The number of hydrogen-bond donors (Lipinski definition) is 2. The van der Waals surface area contributed by atoms with Gasteiger partial charge in [-0.05, 0) is 58.5 Å². The largest absolute Gasteiger partial charge is 0.507 e. The standard InChI is InChI=1S/C23H23FIN7O5/c1-13(33)27-11-15-12-32(23(36)37-15)14-2-3-20(17(24)8-14)30-4-6-31(7-5-30)22(35)16-9-18(25)19(28-29-26)10-21(16)34/h2-3,8-10,15,34H,4-7,11-12H2,1H3,(H,27,33)/t15-/m0/s1/i25-2. The number of cyclic esters (lactones) is 1. The minimum absolute atomic E-state index is 0.0968. The van der Waals surface area contributed by atoms with E-state index < -0.39 is 18.0 Å². The van der Waals surface area contributed by atoms with Crippen molar-refractivity contribution in [2.45, 2.75) is 13.0 Å². The Labute approximate surface area is 224 Å². The number of carbonyl (C=O) groups excluding carboxylic acids is 3. The Bertz CT molecular complexity index is 1290. The number of azide groups is 1. The molecular formula is C23H23FIN7O5. The molecule has 12 nitrogen and oxygen atoms in total. The molecule has 14 heteroatoms. The Morgan fingerprint density at radius 3 is 2.65 bits per heavy atom. The van der Waals surface area contributed by atoms with Gasteiger partial charge in [-0.15, -0.1) is 0 Å². The van der Waals surface area contributed by atoms with E-state index in [2.05, 4.69) is 15.3 Å². The molecule has 194 valence electrons. The van der Waals surface area contributed by atoms with Crippen LogP contribution in [0.1, 0.15) is 17.3 Å². The zero-order chi connectivity index (χ0) is 26.7. The topological polar surface area (TPSA) is 151 Å². The van der Waals surface area contributed by atoms with Crippen LogP contribution in [0.15, 0.2) is 35.4 Å². The van der Waals surface area contributed by atoms with Crippen LogP contribution in [0.25, 0.3) is 10.4 Å². The zero-order valence-corrected chi connectivity index (χ0v) is 21.9. The van der Waals surface area contributed by atoms with E-state index in [1.807, 2.05) is 22.6 Å². The lowest BCUT2D eigenvalue weighted by Crippen LogP contribution is -2.49. The molecular weight excluding hydrogens is 598 g/mol. The molecule has 1 atom stereocenters. The molecule has 0 aliphatic carbocycles. The van der Waals surface area contributed by atoms with E-state index in [0.717, 1.165) is 0 Å². The van der Waals surface area contributed by atoms with Crippen molar-refractivity contribution in [3.8, 4) is 5.75 Å². The number of ether oxygens (including phenoxy) is 1. The van der Waals surface area contributed by atoms with Gasteiger partial charge in [0.2, 0.25) is 5.91 Å². The van der Waals surface area contributed by atoms with Gasteiger partial charge in [0.05, 0.1) is 35.7 Å². The van der Waals surface area contributed by atoms with E-state index in [1.54, 1.807) is 21.9 Å². The fourth-order valence-electron chi connectivity index (χ4n) is 4.18. The molecule has 0 radical (unpaired) electrons. The van der Waals surface area contributed by atoms with Gasteiger partial charge in [0.1, 0.15) is 17.7 Å². The summed E-state index contributed by atoms with van der Waals surface area (Å²) in [5.41, 5.74) is 9.63. The second kappa shape index (κ2) is 11.1. The molecule has 2 aromatic carbocycles. The first kappa shape index (κ1) is 26.3. The lowest BCUT2D eigenvalue weighted by atomic mass is 10.1. The van der Waals surface area contributed by atoms with E-state index in [9.17, 15) is 19.5 Å². The second-order valence-electron chi connectivity index (χ2n) is 8.48. The van der Waals surface area contributed by atoms with Gasteiger partial charge in [0.15, 0.2) is 0 Å². The number of phenolic OH excluding ortho intramolecular Hbond substituents is 1. The summed E-state index contributed by atoms with van der Waals surface area (Å²) in [6.07, 6.45) is -1.14. The molecule has 2 aliphatic heterocycles. The number of nitrogens with zero attached hydrogens (tertiary/aromatic N) is 6. The fraction of sp³-hybridized carbons (Fsp3) is 0.348. The van der Waals surface area contributed by atoms with Crippen LogP contribution < -0.4 is 15.1 Å². The smallest absolute Gasteiger partial charge is 0.414 e. The molecule has 0 saturated carbocycles. The maximum absolute atomic E-state index is 15.1. The van der Waals surface area contributed by atoms with Crippen LogP contribution >= 0.6 is 22.6 Å². The van der Waals surface area contributed by atoms with Crippen molar-refractivity contribution < 1.29 is 28.6 Å². The summed E-state index contributed by atoms with van der Waals surface area (Å²) in [4.78, 5) is 43.7. The molecule has 2 heterocycles. The molecule has 0 aromatic heterocycles. The van der Waals surface area contributed by atoms with E-state index in [0.29, 0.717) is 41.1 Å². The van der Waals surface area contributed by atoms with Crippen molar-refractivity contribution in [2.24, 2.45) is 5.11 Å². The first-order valence-electron chi connectivity index (χ1n) is 11.3. The van der Waals surface area contributed by atoms with Gasteiger partial charge in [-0.2, -0.15) is 0 Å². The number of benzene rings is 2. The molecule has 2 aromatic rings. The number of halogens is 2. The second-order valence-corrected chi connectivity index (χ2v) is 9.64. The van der Waals surface area contributed by atoms with Crippen LogP contribution in [-0.2, 0) is 9.53 Å². The number of carbonyl (C=O) groups is 3. The lowest BCUT2D eigenvalue weighted by Gasteiger charge is -2.36. The van der Waals surface area contributed by atoms with Crippen LogP contribution in [0.3, 0.4) is 0 Å². The fourth-order valence-corrected chi connectivity index (χ4v) is 4.76. The summed E-state index contributed by atoms with van der Waals surface area (Å²) < 4.78 is 20.8. The predicted octanol–water partition coefficient (Wildman–Crippen LogP) is 3.50. The monoisotopic (exact) mass is 621 g/mol. The van der Waals surface area contributed by atoms with E-state index in [-0.39, 0.29) is 41.9 Å². The van der Waals surface area contributed by atoms with Crippen molar-refractivity contribution in [1.29, 1.82) is 0 Å². The van der Waals surface area contributed by atoms with Crippen molar-refractivity contribution in [1.82, 2.24) is 10.2 Å². The molecule has 37 heavy (non-hydrogen) atoms. The van der Waals surface area contributed by atoms with Gasteiger partial charge in [-0.1, -0.05) is 5.11 Å². The van der Waals surface area contributed by atoms with Crippen LogP contribution in [0, 0.1) is 9.39 Å².